The summed E-state index contributed by atoms with van der Waals surface area (Å²) in [4.78, 5) is 15.0. The van der Waals surface area contributed by atoms with Crippen LogP contribution in [0.2, 0.25) is 0 Å². The van der Waals surface area contributed by atoms with Gasteiger partial charge in [0.1, 0.15) is 0 Å². The minimum absolute atomic E-state index is 0.00974. The number of likely N-dealkylation sites (tertiary alicyclic amines) is 1. The number of amides is 1. The number of nitrogens with one attached hydrogen (secondary N) is 1. The van der Waals surface area contributed by atoms with Crippen molar-refractivity contribution in [2.24, 2.45) is 5.92 Å². The van der Waals surface area contributed by atoms with Crippen molar-refractivity contribution in [3.63, 3.8) is 0 Å². The van der Waals surface area contributed by atoms with Gasteiger partial charge in [-0.2, -0.15) is 0 Å². The van der Waals surface area contributed by atoms with Crippen molar-refractivity contribution >= 4 is 28.5 Å². The highest BCUT2D eigenvalue weighted by Gasteiger charge is 2.16. The smallest absolute Gasteiger partial charge is 0.252 e. The summed E-state index contributed by atoms with van der Waals surface area (Å²) in [6.07, 6.45) is 2.66. The molecule has 1 atom stereocenters. The van der Waals surface area contributed by atoms with Crippen LogP contribution in [-0.2, 0) is 13.1 Å². The number of carbonyl (C=O) groups is 1. The zero-order valence-electron chi connectivity index (χ0n) is 15.6. The van der Waals surface area contributed by atoms with Crippen LogP contribution in [0.15, 0.2) is 42.5 Å². The monoisotopic (exact) mass is 462 g/mol. The number of hydrogen-bond acceptors (Lipinski definition) is 2. The van der Waals surface area contributed by atoms with E-state index in [1.54, 1.807) is 0 Å². The third-order valence-electron chi connectivity index (χ3n) is 5.06. The van der Waals surface area contributed by atoms with Crippen LogP contribution < -0.4 is 5.32 Å². The SMILES string of the molecule is Cc1cccc(C(=O)NCc2ccc(CN3CCCC(C)C3)cc2)c1I. The molecule has 3 nitrogen and oxygen atoms in total. The topological polar surface area (TPSA) is 32.3 Å². The van der Waals surface area contributed by atoms with Gasteiger partial charge >= 0.3 is 0 Å². The Morgan fingerprint density at radius 3 is 2.65 bits per heavy atom. The highest BCUT2D eigenvalue weighted by Crippen LogP contribution is 2.19. The van der Waals surface area contributed by atoms with E-state index in [4.69, 9.17) is 0 Å². The van der Waals surface area contributed by atoms with Crippen molar-refractivity contribution in [3.05, 3.63) is 68.3 Å². The van der Waals surface area contributed by atoms with Crippen molar-refractivity contribution < 1.29 is 4.79 Å². The summed E-state index contributed by atoms with van der Waals surface area (Å²) in [6.45, 7) is 8.36. The van der Waals surface area contributed by atoms with Crippen molar-refractivity contribution in [2.45, 2.75) is 39.8 Å². The summed E-state index contributed by atoms with van der Waals surface area (Å²) in [5.74, 6) is 0.798. The molecule has 1 unspecified atom stereocenters. The van der Waals surface area contributed by atoms with Gasteiger partial charge in [0.05, 0.1) is 5.56 Å². The molecule has 0 aromatic heterocycles. The third kappa shape index (κ3) is 5.07. The summed E-state index contributed by atoms with van der Waals surface area (Å²) in [6, 6.07) is 14.5. The molecule has 1 N–H and O–H groups in total. The van der Waals surface area contributed by atoms with Crippen molar-refractivity contribution in [2.75, 3.05) is 13.1 Å². The Hall–Kier alpha value is -1.40. The van der Waals surface area contributed by atoms with Gasteiger partial charge in [0, 0.05) is 23.2 Å². The van der Waals surface area contributed by atoms with Gasteiger partial charge in [-0.05, 0) is 77.6 Å². The summed E-state index contributed by atoms with van der Waals surface area (Å²) >= 11 is 2.24. The van der Waals surface area contributed by atoms with Gasteiger partial charge in [-0.15, -0.1) is 0 Å². The number of hydrogen-bond donors (Lipinski definition) is 1. The lowest BCUT2D eigenvalue weighted by atomic mass is 9.99. The molecule has 1 saturated heterocycles. The standard InChI is InChI=1S/C22H27IN2O/c1-16-5-4-12-25(14-16)15-19-10-8-18(9-11-19)13-24-22(26)20-7-3-6-17(2)21(20)23/h3,6-11,16H,4-5,12-15H2,1-2H3,(H,24,26). The first-order chi connectivity index (χ1) is 12.5. The second kappa shape index (κ2) is 9.00. The van der Waals surface area contributed by atoms with Crippen LogP contribution in [0.25, 0.3) is 0 Å². The van der Waals surface area contributed by atoms with E-state index in [2.05, 4.69) is 64.0 Å². The normalized spacial score (nSPS) is 17.9. The van der Waals surface area contributed by atoms with Crippen LogP contribution in [-0.4, -0.2) is 23.9 Å². The first kappa shape index (κ1) is 19.4. The largest absolute Gasteiger partial charge is 0.348 e. The number of halogens is 1. The highest BCUT2D eigenvalue weighted by molar-refractivity contribution is 14.1. The van der Waals surface area contributed by atoms with Crippen LogP contribution >= 0.6 is 22.6 Å². The Bertz CT molecular complexity index is 757. The lowest BCUT2D eigenvalue weighted by Crippen LogP contribution is -2.33. The lowest BCUT2D eigenvalue weighted by Gasteiger charge is -2.30. The second-order valence-corrected chi connectivity index (χ2v) is 8.50. The third-order valence-corrected chi connectivity index (χ3v) is 6.49. The molecule has 0 bridgehead atoms. The molecular formula is C22H27IN2O. The number of benzene rings is 2. The van der Waals surface area contributed by atoms with Gasteiger partial charge in [0.2, 0.25) is 0 Å². The molecular weight excluding hydrogens is 435 g/mol. The summed E-state index contributed by atoms with van der Waals surface area (Å²) in [5, 5.41) is 3.04. The average molecular weight is 462 g/mol. The van der Waals surface area contributed by atoms with E-state index in [0.717, 1.165) is 32.7 Å². The molecule has 1 aliphatic rings. The molecule has 2 aromatic carbocycles. The van der Waals surface area contributed by atoms with Crippen LogP contribution in [0.5, 0.6) is 0 Å². The fourth-order valence-corrected chi connectivity index (χ4v) is 4.16. The molecule has 1 amide bonds. The van der Waals surface area contributed by atoms with Crippen molar-refractivity contribution in [1.82, 2.24) is 10.2 Å². The number of aryl methyl sites for hydroxylation is 1. The van der Waals surface area contributed by atoms with Crippen molar-refractivity contribution in [1.29, 1.82) is 0 Å². The maximum atomic E-state index is 12.4. The number of nitrogens with zero attached hydrogens (tertiary/aromatic N) is 1. The molecule has 3 rings (SSSR count). The van der Waals surface area contributed by atoms with Crippen LogP contribution in [0.1, 0.15) is 46.8 Å². The van der Waals surface area contributed by atoms with Gasteiger partial charge in [-0.3, -0.25) is 9.69 Å². The van der Waals surface area contributed by atoms with E-state index in [1.165, 1.54) is 31.5 Å². The number of piperidine rings is 1. The van der Waals surface area contributed by atoms with Crippen molar-refractivity contribution in [3.8, 4) is 0 Å². The molecule has 0 saturated carbocycles. The Labute approximate surface area is 170 Å². The van der Waals surface area contributed by atoms with Gasteiger partial charge in [0.25, 0.3) is 5.91 Å². The average Bonchev–Trinajstić information content (AvgIpc) is 2.63. The molecule has 0 radical (unpaired) electrons. The van der Waals surface area contributed by atoms with Gasteiger partial charge in [-0.25, -0.2) is 0 Å². The molecule has 1 fully saturated rings. The Kier molecular flexibility index (Phi) is 6.70. The summed E-state index contributed by atoms with van der Waals surface area (Å²) < 4.78 is 1.02. The van der Waals surface area contributed by atoms with E-state index in [0.29, 0.717) is 6.54 Å². The molecule has 4 heteroatoms. The van der Waals surface area contributed by atoms with E-state index in [9.17, 15) is 4.79 Å². The van der Waals surface area contributed by atoms with E-state index < -0.39 is 0 Å². The maximum absolute atomic E-state index is 12.4. The summed E-state index contributed by atoms with van der Waals surface area (Å²) in [7, 11) is 0. The highest BCUT2D eigenvalue weighted by atomic mass is 127. The van der Waals surface area contributed by atoms with Gasteiger partial charge in [-0.1, -0.05) is 43.3 Å². The first-order valence-electron chi connectivity index (χ1n) is 9.36. The van der Waals surface area contributed by atoms with Gasteiger partial charge in [0.15, 0.2) is 0 Å². The molecule has 0 spiro atoms. The quantitative estimate of drug-likeness (QED) is 0.650. The second-order valence-electron chi connectivity index (χ2n) is 7.42. The molecule has 0 aliphatic carbocycles. The van der Waals surface area contributed by atoms with E-state index in [-0.39, 0.29) is 5.91 Å². The number of rotatable bonds is 5. The fraction of sp³-hybridized carbons (Fsp3) is 0.409. The van der Waals surface area contributed by atoms with Gasteiger partial charge < -0.3 is 5.32 Å². The Morgan fingerprint density at radius 2 is 1.92 bits per heavy atom. The molecule has 1 heterocycles. The van der Waals surface area contributed by atoms with Crippen LogP contribution in [0.4, 0.5) is 0 Å². The zero-order valence-corrected chi connectivity index (χ0v) is 17.8. The lowest BCUT2D eigenvalue weighted by molar-refractivity contribution is 0.0950. The van der Waals surface area contributed by atoms with E-state index in [1.807, 2.05) is 25.1 Å². The Morgan fingerprint density at radius 1 is 1.19 bits per heavy atom. The molecule has 1 aliphatic heterocycles. The number of carbonyl (C=O) groups excluding carboxylic acids is 1. The van der Waals surface area contributed by atoms with Crippen LogP contribution in [0, 0.1) is 16.4 Å². The predicted octanol–water partition coefficient (Wildman–Crippen LogP) is 4.76. The maximum Gasteiger partial charge on any atom is 0.252 e. The fourth-order valence-electron chi connectivity index (χ4n) is 3.55. The Balaban J connectivity index is 1.54. The van der Waals surface area contributed by atoms with E-state index >= 15 is 0 Å². The molecule has 26 heavy (non-hydrogen) atoms. The molecule has 138 valence electrons. The zero-order chi connectivity index (χ0) is 18.5. The van der Waals surface area contributed by atoms with Crippen LogP contribution in [0.3, 0.4) is 0 Å². The molecule has 2 aromatic rings. The first-order valence-corrected chi connectivity index (χ1v) is 10.4. The minimum Gasteiger partial charge on any atom is -0.348 e. The predicted molar refractivity (Wildman–Crippen MR) is 115 cm³/mol. The summed E-state index contributed by atoms with van der Waals surface area (Å²) in [5.41, 5.74) is 4.37. The minimum atomic E-state index is -0.00974.